The van der Waals surface area contributed by atoms with E-state index in [0.29, 0.717) is 10.4 Å². The predicted molar refractivity (Wildman–Crippen MR) is 49.0 cm³/mol. The minimum atomic E-state index is -0.899. The van der Waals surface area contributed by atoms with Crippen molar-refractivity contribution in [3.05, 3.63) is 21.9 Å². The fraction of sp³-hybridized carbons (Fsp3) is 0.250. The smallest absolute Gasteiger partial charge is 0.307 e. The maximum atomic E-state index is 11.1. The lowest BCUT2D eigenvalue weighted by molar-refractivity contribution is -0.136. The van der Waals surface area contributed by atoms with Crippen molar-refractivity contribution >= 4 is 23.1 Å². The minimum absolute atomic E-state index is 0.0347. The van der Waals surface area contributed by atoms with E-state index in [9.17, 15) is 9.59 Å². The number of nitrogens with two attached hydrogens (primary N) is 1. The van der Waals surface area contributed by atoms with Gasteiger partial charge >= 0.3 is 5.97 Å². The van der Waals surface area contributed by atoms with Gasteiger partial charge in [0.25, 0.3) is 0 Å². The van der Waals surface area contributed by atoms with Crippen molar-refractivity contribution in [3.63, 3.8) is 0 Å². The molecule has 0 spiro atoms. The molecule has 0 aliphatic carbocycles. The summed E-state index contributed by atoms with van der Waals surface area (Å²) in [6.07, 6.45) is -0.0473. The summed E-state index contributed by atoms with van der Waals surface area (Å²) in [5.74, 6) is -1.05. The summed E-state index contributed by atoms with van der Waals surface area (Å²) in [5, 5.41) is 10.1. The second-order valence-corrected chi connectivity index (χ2v) is 3.43. The first-order valence-corrected chi connectivity index (χ1v) is 4.54. The highest BCUT2D eigenvalue weighted by molar-refractivity contribution is 7.12. The molecule has 0 aliphatic rings. The van der Waals surface area contributed by atoms with Crippen LogP contribution in [0.3, 0.4) is 0 Å². The maximum absolute atomic E-state index is 11.1. The lowest BCUT2D eigenvalue weighted by atomic mass is 10.2. The van der Waals surface area contributed by atoms with Gasteiger partial charge in [-0.25, -0.2) is 0 Å². The number of hydrogen-bond donors (Lipinski definition) is 2. The Bertz CT molecular complexity index is 332. The van der Waals surface area contributed by atoms with Crippen LogP contribution in [0.1, 0.15) is 15.2 Å². The second kappa shape index (κ2) is 4.15. The number of hydrogen-bond acceptors (Lipinski definition) is 4. The number of carboxylic acids is 1. The summed E-state index contributed by atoms with van der Waals surface area (Å²) in [6.45, 7) is -0.0347. The van der Waals surface area contributed by atoms with Crippen molar-refractivity contribution in [1.82, 2.24) is 0 Å². The highest BCUT2D eigenvalue weighted by Gasteiger charge is 2.08. The molecule has 0 aromatic carbocycles. The molecule has 0 atom stereocenters. The standard InChI is InChI=1S/C8H9NO3S/c9-3-6(10)7-1-5(4-13-7)2-8(11)12/h1,4H,2-3,9H2,(H,11,12). The van der Waals surface area contributed by atoms with E-state index in [4.69, 9.17) is 10.8 Å². The third-order valence-corrected chi connectivity index (χ3v) is 2.49. The zero-order chi connectivity index (χ0) is 9.84. The fourth-order valence-electron chi connectivity index (χ4n) is 0.890. The van der Waals surface area contributed by atoms with Gasteiger partial charge in [-0.05, 0) is 17.0 Å². The summed E-state index contributed by atoms with van der Waals surface area (Å²) < 4.78 is 0. The van der Waals surface area contributed by atoms with Gasteiger partial charge in [0.15, 0.2) is 5.78 Å². The summed E-state index contributed by atoms with van der Waals surface area (Å²) in [7, 11) is 0. The van der Waals surface area contributed by atoms with E-state index in [-0.39, 0.29) is 18.7 Å². The summed E-state index contributed by atoms with van der Waals surface area (Å²) in [6, 6.07) is 1.58. The van der Waals surface area contributed by atoms with E-state index in [0.717, 1.165) is 0 Å². The van der Waals surface area contributed by atoms with Crippen LogP contribution in [0.15, 0.2) is 11.4 Å². The molecule has 0 saturated carbocycles. The van der Waals surface area contributed by atoms with E-state index in [1.165, 1.54) is 11.3 Å². The van der Waals surface area contributed by atoms with Crippen molar-refractivity contribution < 1.29 is 14.7 Å². The van der Waals surface area contributed by atoms with Crippen molar-refractivity contribution in [1.29, 1.82) is 0 Å². The first-order valence-electron chi connectivity index (χ1n) is 3.66. The molecule has 4 nitrogen and oxygen atoms in total. The van der Waals surface area contributed by atoms with Crippen molar-refractivity contribution in [2.45, 2.75) is 6.42 Å². The first-order chi connectivity index (χ1) is 6.13. The van der Waals surface area contributed by atoms with Crippen LogP contribution in [-0.2, 0) is 11.2 Å². The molecular weight excluding hydrogens is 190 g/mol. The lowest BCUT2D eigenvalue weighted by Crippen LogP contribution is -2.11. The van der Waals surface area contributed by atoms with Gasteiger partial charge in [0.05, 0.1) is 17.8 Å². The Kier molecular flexibility index (Phi) is 3.16. The van der Waals surface area contributed by atoms with Crippen LogP contribution < -0.4 is 5.73 Å². The zero-order valence-electron chi connectivity index (χ0n) is 6.82. The van der Waals surface area contributed by atoms with Crippen LogP contribution in [0.4, 0.5) is 0 Å². The summed E-state index contributed by atoms with van der Waals surface area (Å²) in [4.78, 5) is 21.9. The normalized spacial score (nSPS) is 9.92. The lowest BCUT2D eigenvalue weighted by Gasteiger charge is -1.89. The monoisotopic (exact) mass is 199 g/mol. The van der Waals surface area contributed by atoms with Crippen molar-refractivity contribution in [2.75, 3.05) is 6.54 Å². The van der Waals surface area contributed by atoms with Gasteiger partial charge in [0.1, 0.15) is 0 Å². The van der Waals surface area contributed by atoms with Gasteiger partial charge in [-0.1, -0.05) is 0 Å². The van der Waals surface area contributed by atoms with E-state index in [2.05, 4.69) is 0 Å². The van der Waals surface area contributed by atoms with Gasteiger partial charge in [0, 0.05) is 0 Å². The number of rotatable bonds is 4. The average molecular weight is 199 g/mol. The third-order valence-electron chi connectivity index (χ3n) is 1.47. The number of carboxylic acid groups (broad SMARTS) is 1. The Labute approximate surface area is 79.0 Å². The minimum Gasteiger partial charge on any atom is -0.481 e. The highest BCUT2D eigenvalue weighted by Crippen LogP contribution is 2.15. The summed E-state index contributed by atoms with van der Waals surface area (Å²) in [5.41, 5.74) is 5.80. The average Bonchev–Trinajstić information content (AvgIpc) is 2.50. The molecule has 1 aromatic rings. The van der Waals surface area contributed by atoms with Gasteiger partial charge < -0.3 is 10.8 Å². The van der Waals surface area contributed by atoms with Gasteiger partial charge in [0.2, 0.25) is 0 Å². The molecule has 0 unspecified atom stereocenters. The van der Waals surface area contributed by atoms with Crippen molar-refractivity contribution in [2.24, 2.45) is 5.73 Å². The molecule has 0 fully saturated rings. The molecule has 0 amide bonds. The molecule has 3 N–H and O–H groups in total. The Morgan fingerprint density at radius 3 is 2.77 bits per heavy atom. The molecule has 13 heavy (non-hydrogen) atoms. The summed E-state index contributed by atoms with van der Waals surface area (Å²) >= 11 is 1.23. The molecule has 1 rings (SSSR count). The van der Waals surface area contributed by atoms with Crippen LogP contribution >= 0.6 is 11.3 Å². The van der Waals surface area contributed by atoms with E-state index >= 15 is 0 Å². The predicted octanol–water partition coefficient (Wildman–Crippen LogP) is 0.517. The first kappa shape index (κ1) is 9.88. The molecule has 5 heteroatoms. The van der Waals surface area contributed by atoms with Crippen LogP contribution in [0.25, 0.3) is 0 Å². The Hall–Kier alpha value is -1.20. The topological polar surface area (TPSA) is 80.4 Å². The van der Waals surface area contributed by atoms with Gasteiger partial charge in [-0.2, -0.15) is 0 Å². The molecule has 1 heterocycles. The highest BCUT2D eigenvalue weighted by atomic mass is 32.1. The SMILES string of the molecule is NCC(=O)c1cc(CC(=O)O)cs1. The molecule has 70 valence electrons. The third kappa shape index (κ3) is 2.64. The second-order valence-electron chi connectivity index (χ2n) is 2.52. The molecule has 1 aromatic heterocycles. The largest absolute Gasteiger partial charge is 0.481 e. The molecule has 0 saturated heterocycles. The number of Topliss-reactive ketones (excluding diaryl/α,β-unsaturated/α-hetero) is 1. The molecular formula is C8H9NO3S. The molecule has 0 aliphatic heterocycles. The zero-order valence-corrected chi connectivity index (χ0v) is 7.63. The van der Waals surface area contributed by atoms with Crippen molar-refractivity contribution in [3.8, 4) is 0 Å². The Morgan fingerprint density at radius 2 is 2.23 bits per heavy atom. The Balaban J connectivity index is 2.74. The number of ketones is 1. The van der Waals surface area contributed by atoms with Crippen LogP contribution in [-0.4, -0.2) is 23.4 Å². The van der Waals surface area contributed by atoms with E-state index in [1.807, 2.05) is 0 Å². The van der Waals surface area contributed by atoms with Gasteiger partial charge in [-0.15, -0.1) is 11.3 Å². The quantitative estimate of drug-likeness (QED) is 0.692. The Morgan fingerprint density at radius 1 is 1.54 bits per heavy atom. The number of carbonyl (C=O) groups excluding carboxylic acids is 1. The number of aliphatic carboxylic acids is 1. The van der Waals surface area contributed by atoms with E-state index in [1.54, 1.807) is 11.4 Å². The maximum Gasteiger partial charge on any atom is 0.307 e. The number of carbonyl (C=O) groups is 2. The van der Waals surface area contributed by atoms with Crippen LogP contribution in [0.2, 0.25) is 0 Å². The molecule has 0 bridgehead atoms. The van der Waals surface area contributed by atoms with Gasteiger partial charge in [-0.3, -0.25) is 9.59 Å². The molecule has 0 radical (unpaired) electrons. The van der Waals surface area contributed by atoms with E-state index < -0.39 is 5.97 Å². The van der Waals surface area contributed by atoms with Crippen LogP contribution in [0, 0.1) is 0 Å². The van der Waals surface area contributed by atoms with Crippen LogP contribution in [0.5, 0.6) is 0 Å². The number of thiophene rings is 1. The fourth-order valence-corrected chi connectivity index (χ4v) is 1.75.